The van der Waals surface area contributed by atoms with E-state index in [4.69, 9.17) is 11.6 Å². The van der Waals surface area contributed by atoms with Gasteiger partial charge in [0.1, 0.15) is 5.82 Å². The van der Waals surface area contributed by atoms with Crippen molar-refractivity contribution in [1.82, 2.24) is 4.90 Å². The zero-order valence-electron chi connectivity index (χ0n) is 11.2. The van der Waals surface area contributed by atoms with Gasteiger partial charge in [-0.3, -0.25) is 4.79 Å². The first-order valence-electron chi connectivity index (χ1n) is 6.76. The number of carbonyl (C=O) groups excluding carboxylic acids is 1. The van der Waals surface area contributed by atoms with E-state index < -0.39 is 0 Å². The van der Waals surface area contributed by atoms with Gasteiger partial charge in [0.25, 0.3) is 5.91 Å². The van der Waals surface area contributed by atoms with Crippen molar-refractivity contribution in [3.63, 3.8) is 0 Å². The van der Waals surface area contributed by atoms with Gasteiger partial charge in [0.15, 0.2) is 0 Å². The second-order valence-corrected chi connectivity index (χ2v) is 5.47. The predicted molar refractivity (Wildman–Crippen MR) is 75.1 cm³/mol. The van der Waals surface area contributed by atoms with Gasteiger partial charge in [0.05, 0.1) is 0 Å². The summed E-state index contributed by atoms with van der Waals surface area (Å²) in [5, 5.41) is 0. The van der Waals surface area contributed by atoms with Crippen LogP contribution in [0.4, 0.5) is 4.39 Å². The van der Waals surface area contributed by atoms with Crippen molar-refractivity contribution in [3.8, 4) is 0 Å². The Bertz CT molecular complexity index is 461. The molecular weight excluding hydrogens is 265 g/mol. The summed E-state index contributed by atoms with van der Waals surface area (Å²) in [6.07, 6.45) is 3.95. The Morgan fingerprint density at radius 3 is 2.95 bits per heavy atom. The standard InChI is InChI=1S/C15H19ClFNO/c1-11-5-6-12(10-14(11)17)15(19)18-9-3-2-4-13(18)7-8-16/h5-6,10,13H,2-4,7-9H2,1H3. The fourth-order valence-electron chi connectivity index (χ4n) is 2.59. The summed E-state index contributed by atoms with van der Waals surface area (Å²) in [6.45, 7) is 2.44. The summed E-state index contributed by atoms with van der Waals surface area (Å²) in [5.74, 6) is 0.155. The van der Waals surface area contributed by atoms with Crippen molar-refractivity contribution in [2.24, 2.45) is 0 Å². The molecule has 0 radical (unpaired) electrons. The third-order valence-electron chi connectivity index (χ3n) is 3.75. The maximum Gasteiger partial charge on any atom is 0.254 e. The Balaban J connectivity index is 2.18. The van der Waals surface area contributed by atoms with Gasteiger partial charge < -0.3 is 4.90 Å². The van der Waals surface area contributed by atoms with Crippen LogP contribution in [0.1, 0.15) is 41.6 Å². The Morgan fingerprint density at radius 2 is 2.26 bits per heavy atom. The van der Waals surface area contributed by atoms with Crippen molar-refractivity contribution < 1.29 is 9.18 Å². The summed E-state index contributed by atoms with van der Waals surface area (Å²) in [7, 11) is 0. The molecule has 1 atom stereocenters. The summed E-state index contributed by atoms with van der Waals surface area (Å²) in [6, 6.07) is 4.89. The lowest BCUT2D eigenvalue weighted by molar-refractivity contribution is 0.0608. The number of aryl methyl sites for hydroxylation is 1. The normalized spacial score (nSPS) is 19.5. The van der Waals surface area contributed by atoms with Crippen LogP contribution in [0.25, 0.3) is 0 Å². The minimum atomic E-state index is -0.322. The first-order chi connectivity index (χ1) is 9.13. The van der Waals surface area contributed by atoms with Crippen molar-refractivity contribution in [3.05, 3.63) is 35.1 Å². The van der Waals surface area contributed by atoms with Crippen LogP contribution in [0, 0.1) is 12.7 Å². The number of alkyl halides is 1. The Kier molecular flexibility index (Phi) is 4.81. The molecule has 104 valence electrons. The highest BCUT2D eigenvalue weighted by molar-refractivity contribution is 6.17. The number of piperidine rings is 1. The zero-order valence-corrected chi connectivity index (χ0v) is 11.9. The molecule has 0 aliphatic carbocycles. The first kappa shape index (κ1) is 14.3. The number of hydrogen-bond donors (Lipinski definition) is 0. The zero-order chi connectivity index (χ0) is 13.8. The minimum Gasteiger partial charge on any atom is -0.336 e. The molecule has 0 saturated carbocycles. The molecule has 1 fully saturated rings. The average Bonchev–Trinajstić information content (AvgIpc) is 2.42. The highest BCUT2D eigenvalue weighted by Gasteiger charge is 2.27. The van der Waals surface area contributed by atoms with Crippen molar-refractivity contribution in [2.45, 2.75) is 38.6 Å². The van der Waals surface area contributed by atoms with Crippen molar-refractivity contribution in [1.29, 1.82) is 0 Å². The van der Waals surface area contributed by atoms with Crippen LogP contribution in [0.15, 0.2) is 18.2 Å². The Morgan fingerprint density at radius 1 is 1.47 bits per heavy atom. The third-order valence-corrected chi connectivity index (χ3v) is 3.97. The number of amides is 1. The number of rotatable bonds is 3. The fourth-order valence-corrected chi connectivity index (χ4v) is 2.84. The van der Waals surface area contributed by atoms with Crippen LogP contribution in [0.3, 0.4) is 0 Å². The number of halogens is 2. The molecule has 19 heavy (non-hydrogen) atoms. The lowest BCUT2D eigenvalue weighted by Crippen LogP contribution is -2.44. The number of hydrogen-bond acceptors (Lipinski definition) is 1. The molecule has 1 amide bonds. The van der Waals surface area contributed by atoms with Gasteiger partial charge >= 0.3 is 0 Å². The molecule has 1 aromatic carbocycles. The number of nitrogens with zero attached hydrogens (tertiary/aromatic N) is 1. The first-order valence-corrected chi connectivity index (χ1v) is 7.30. The molecule has 2 nitrogen and oxygen atoms in total. The van der Waals surface area contributed by atoms with Gasteiger partial charge in [-0.25, -0.2) is 4.39 Å². The molecule has 0 bridgehead atoms. The third kappa shape index (κ3) is 3.27. The second-order valence-electron chi connectivity index (χ2n) is 5.09. The number of benzene rings is 1. The summed E-state index contributed by atoms with van der Waals surface area (Å²) in [4.78, 5) is 14.3. The topological polar surface area (TPSA) is 20.3 Å². The molecular formula is C15H19ClFNO. The molecule has 1 saturated heterocycles. The van der Waals surface area contributed by atoms with Crippen LogP contribution < -0.4 is 0 Å². The van der Waals surface area contributed by atoms with Crippen molar-refractivity contribution >= 4 is 17.5 Å². The highest BCUT2D eigenvalue weighted by Crippen LogP contribution is 2.23. The molecule has 1 aromatic rings. The van der Waals surface area contributed by atoms with Crippen LogP contribution in [-0.2, 0) is 0 Å². The summed E-state index contributed by atoms with van der Waals surface area (Å²) >= 11 is 5.80. The van der Waals surface area contributed by atoms with E-state index in [9.17, 15) is 9.18 Å². The average molecular weight is 284 g/mol. The van der Waals surface area contributed by atoms with E-state index in [1.54, 1.807) is 19.1 Å². The van der Waals surface area contributed by atoms with Gasteiger partial charge in [-0.1, -0.05) is 6.07 Å². The molecule has 0 spiro atoms. The molecule has 1 heterocycles. The largest absolute Gasteiger partial charge is 0.336 e. The smallest absolute Gasteiger partial charge is 0.254 e. The Labute approximate surface area is 118 Å². The van der Waals surface area contributed by atoms with Gasteiger partial charge in [0, 0.05) is 24.0 Å². The van der Waals surface area contributed by atoms with E-state index in [0.29, 0.717) is 17.0 Å². The van der Waals surface area contributed by atoms with Crippen LogP contribution in [0.2, 0.25) is 0 Å². The molecule has 0 aromatic heterocycles. The van der Waals surface area contributed by atoms with E-state index in [0.717, 1.165) is 32.2 Å². The monoisotopic (exact) mass is 283 g/mol. The van der Waals surface area contributed by atoms with Crippen LogP contribution >= 0.6 is 11.6 Å². The SMILES string of the molecule is Cc1ccc(C(=O)N2CCCCC2CCCl)cc1F. The lowest BCUT2D eigenvalue weighted by atomic mass is 9.98. The summed E-state index contributed by atoms with van der Waals surface area (Å²) < 4.78 is 13.6. The molecule has 1 unspecified atom stereocenters. The van der Waals surface area contributed by atoms with Gasteiger partial charge in [-0.05, 0) is 50.3 Å². The second kappa shape index (κ2) is 6.38. The highest BCUT2D eigenvalue weighted by atomic mass is 35.5. The predicted octanol–water partition coefficient (Wildman–Crippen LogP) is 3.76. The molecule has 4 heteroatoms. The number of likely N-dealkylation sites (tertiary alicyclic amines) is 1. The van der Waals surface area contributed by atoms with Crippen LogP contribution in [-0.4, -0.2) is 29.3 Å². The van der Waals surface area contributed by atoms with E-state index in [2.05, 4.69) is 0 Å². The molecule has 0 N–H and O–H groups in total. The quantitative estimate of drug-likeness (QED) is 0.774. The summed E-state index contributed by atoms with van der Waals surface area (Å²) in [5.41, 5.74) is 0.997. The molecule has 1 aliphatic heterocycles. The van der Waals surface area contributed by atoms with E-state index in [-0.39, 0.29) is 17.8 Å². The minimum absolute atomic E-state index is 0.0753. The Hall–Kier alpha value is -1.09. The number of carbonyl (C=O) groups is 1. The van der Waals surface area contributed by atoms with Gasteiger partial charge in [-0.2, -0.15) is 0 Å². The van der Waals surface area contributed by atoms with E-state index in [1.165, 1.54) is 6.07 Å². The maximum atomic E-state index is 13.6. The van der Waals surface area contributed by atoms with E-state index in [1.807, 2.05) is 4.90 Å². The lowest BCUT2D eigenvalue weighted by Gasteiger charge is -2.35. The van der Waals surface area contributed by atoms with E-state index >= 15 is 0 Å². The fraction of sp³-hybridized carbons (Fsp3) is 0.533. The van der Waals surface area contributed by atoms with Crippen molar-refractivity contribution in [2.75, 3.05) is 12.4 Å². The van der Waals surface area contributed by atoms with Gasteiger partial charge in [0.2, 0.25) is 0 Å². The van der Waals surface area contributed by atoms with Crippen LogP contribution in [0.5, 0.6) is 0 Å². The molecule has 1 aliphatic rings. The maximum absolute atomic E-state index is 13.6. The molecule has 2 rings (SSSR count). The van der Waals surface area contributed by atoms with Gasteiger partial charge in [-0.15, -0.1) is 11.6 Å².